The SMILES string of the molecule is CC(C)C(N)Cc1cc(Cl)c2c(c1)OCO2. The maximum atomic E-state index is 6.09. The van der Waals surface area contributed by atoms with Crippen molar-refractivity contribution in [3.8, 4) is 11.5 Å². The number of ether oxygens (including phenoxy) is 2. The largest absolute Gasteiger partial charge is 0.454 e. The summed E-state index contributed by atoms with van der Waals surface area (Å²) in [5.74, 6) is 1.81. The zero-order chi connectivity index (χ0) is 11.7. The molecule has 1 aliphatic rings. The number of hydrogen-bond acceptors (Lipinski definition) is 3. The van der Waals surface area contributed by atoms with E-state index in [0.717, 1.165) is 17.7 Å². The summed E-state index contributed by atoms with van der Waals surface area (Å²) in [4.78, 5) is 0. The van der Waals surface area contributed by atoms with Gasteiger partial charge < -0.3 is 15.2 Å². The molecule has 1 aromatic carbocycles. The second-order valence-electron chi connectivity index (χ2n) is 4.42. The first kappa shape index (κ1) is 11.6. The van der Waals surface area contributed by atoms with Crippen LogP contribution in [0.15, 0.2) is 12.1 Å². The van der Waals surface area contributed by atoms with Crippen LogP contribution in [0, 0.1) is 5.92 Å². The summed E-state index contributed by atoms with van der Waals surface area (Å²) >= 11 is 6.09. The fourth-order valence-corrected chi connectivity index (χ4v) is 1.93. The van der Waals surface area contributed by atoms with E-state index in [1.807, 2.05) is 12.1 Å². The lowest BCUT2D eigenvalue weighted by molar-refractivity contribution is 0.174. The smallest absolute Gasteiger partial charge is 0.231 e. The molecule has 2 rings (SSSR count). The highest BCUT2D eigenvalue weighted by Crippen LogP contribution is 2.40. The first-order chi connectivity index (χ1) is 7.58. The molecule has 16 heavy (non-hydrogen) atoms. The second kappa shape index (κ2) is 4.52. The monoisotopic (exact) mass is 241 g/mol. The van der Waals surface area contributed by atoms with E-state index in [1.165, 1.54) is 0 Å². The Balaban J connectivity index is 2.20. The topological polar surface area (TPSA) is 44.5 Å². The molecule has 0 saturated carbocycles. The van der Waals surface area contributed by atoms with Gasteiger partial charge in [-0.2, -0.15) is 0 Å². The highest BCUT2D eigenvalue weighted by molar-refractivity contribution is 6.32. The average molecular weight is 242 g/mol. The molecule has 3 nitrogen and oxygen atoms in total. The van der Waals surface area contributed by atoms with Crippen molar-refractivity contribution >= 4 is 11.6 Å². The third-order valence-corrected chi connectivity index (χ3v) is 3.10. The van der Waals surface area contributed by atoms with Crippen molar-refractivity contribution in [2.75, 3.05) is 6.79 Å². The Labute approximate surface area is 100 Å². The van der Waals surface area contributed by atoms with Crippen molar-refractivity contribution < 1.29 is 9.47 Å². The summed E-state index contributed by atoms with van der Waals surface area (Å²) in [5, 5.41) is 0.598. The van der Waals surface area contributed by atoms with Gasteiger partial charge in [-0.3, -0.25) is 0 Å². The molecule has 1 atom stereocenters. The Morgan fingerprint density at radius 3 is 2.81 bits per heavy atom. The van der Waals surface area contributed by atoms with E-state index < -0.39 is 0 Å². The average Bonchev–Trinajstić information content (AvgIpc) is 2.65. The molecular formula is C12H16ClNO2. The van der Waals surface area contributed by atoms with Crippen LogP contribution >= 0.6 is 11.6 Å². The van der Waals surface area contributed by atoms with Crippen LogP contribution in [0.25, 0.3) is 0 Å². The zero-order valence-corrected chi connectivity index (χ0v) is 10.3. The van der Waals surface area contributed by atoms with Crippen LogP contribution in [-0.4, -0.2) is 12.8 Å². The van der Waals surface area contributed by atoms with Crippen molar-refractivity contribution in [1.82, 2.24) is 0 Å². The van der Waals surface area contributed by atoms with Gasteiger partial charge in [0.25, 0.3) is 0 Å². The fraction of sp³-hybridized carbons (Fsp3) is 0.500. The van der Waals surface area contributed by atoms with Crippen LogP contribution < -0.4 is 15.2 Å². The quantitative estimate of drug-likeness (QED) is 0.885. The predicted molar refractivity (Wildman–Crippen MR) is 64.1 cm³/mol. The minimum absolute atomic E-state index is 0.136. The lowest BCUT2D eigenvalue weighted by Crippen LogP contribution is -2.28. The maximum Gasteiger partial charge on any atom is 0.231 e. The van der Waals surface area contributed by atoms with Crippen LogP contribution in [0.5, 0.6) is 11.5 Å². The van der Waals surface area contributed by atoms with Crippen LogP contribution in [0.4, 0.5) is 0 Å². The number of fused-ring (bicyclic) bond motifs is 1. The highest BCUT2D eigenvalue weighted by atomic mass is 35.5. The predicted octanol–water partition coefficient (Wildman–Crippen LogP) is 2.59. The van der Waals surface area contributed by atoms with Crippen LogP contribution in [0.3, 0.4) is 0 Å². The van der Waals surface area contributed by atoms with Crippen molar-refractivity contribution in [3.05, 3.63) is 22.7 Å². The molecule has 4 heteroatoms. The van der Waals surface area contributed by atoms with E-state index in [0.29, 0.717) is 16.7 Å². The molecule has 1 unspecified atom stereocenters. The van der Waals surface area contributed by atoms with E-state index in [9.17, 15) is 0 Å². The van der Waals surface area contributed by atoms with Gasteiger partial charge >= 0.3 is 0 Å². The van der Waals surface area contributed by atoms with E-state index in [-0.39, 0.29) is 12.8 Å². The van der Waals surface area contributed by atoms with E-state index in [2.05, 4.69) is 13.8 Å². The second-order valence-corrected chi connectivity index (χ2v) is 4.83. The van der Waals surface area contributed by atoms with E-state index >= 15 is 0 Å². The van der Waals surface area contributed by atoms with Gasteiger partial charge in [-0.05, 0) is 30.0 Å². The van der Waals surface area contributed by atoms with E-state index in [4.69, 9.17) is 26.8 Å². The fourth-order valence-electron chi connectivity index (χ4n) is 1.65. The molecule has 0 aliphatic carbocycles. The van der Waals surface area contributed by atoms with Crippen LogP contribution in [0.1, 0.15) is 19.4 Å². The number of nitrogens with two attached hydrogens (primary N) is 1. The molecule has 1 aliphatic heterocycles. The third-order valence-electron chi connectivity index (χ3n) is 2.81. The molecule has 1 aromatic rings. The molecule has 0 bridgehead atoms. The summed E-state index contributed by atoms with van der Waals surface area (Å²) in [5.41, 5.74) is 7.12. The molecule has 1 heterocycles. The Morgan fingerprint density at radius 1 is 1.38 bits per heavy atom. The number of benzene rings is 1. The van der Waals surface area contributed by atoms with Crippen molar-refractivity contribution in [2.24, 2.45) is 11.7 Å². The van der Waals surface area contributed by atoms with Crippen LogP contribution in [0.2, 0.25) is 5.02 Å². The molecule has 0 fully saturated rings. The molecule has 0 aromatic heterocycles. The first-order valence-corrected chi connectivity index (χ1v) is 5.79. The summed E-state index contributed by atoms with van der Waals surface area (Å²) in [6.45, 7) is 4.47. The standard InChI is InChI=1S/C12H16ClNO2/c1-7(2)10(14)4-8-3-9(13)12-11(5-8)15-6-16-12/h3,5,7,10H,4,6,14H2,1-2H3. The number of hydrogen-bond donors (Lipinski definition) is 1. The van der Waals surface area contributed by atoms with Crippen molar-refractivity contribution in [1.29, 1.82) is 0 Å². The molecule has 0 spiro atoms. The normalized spacial score (nSPS) is 15.6. The Bertz CT molecular complexity index is 393. The molecule has 0 amide bonds. The van der Waals surface area contributed by atoms with Gasteiger partial charge in [0.15, 0.2) is 11.5 Å². The summed E-state index contributed by atoms with van der Waals surface area (Å²) in [7, 11) is 0. The molecule has 88 valence electrons. The molecule has 0 saturated heterocycles. The van der Waals surface area contributed by atoms with Gasteiger partial charge in [0, 0.05) is 6.04 Å². The summed E-state index contributed by atoms with van der Waals surface area (Å²) < 4.78 is 10.6. The van der Waals surface area contributed by atoms with Gasteiger partial charge in [0.2, 0.25) is 6.79 Å². The van der Waals surface area contributed by atoms with Gasteiger partial charge in [-0.1, -0.05) is 25.4 Å². The highest BCUT2D eigenvalue weighted by Gasteiger charge is 2.19. The summed E-state index contributed by atoms with van der Waals surface area (Å²) in [6.07, 6.45) is 0.800. The van der Waals surface area contributed by atoms with E-state index in [1.54, 1.807) is 0 Å². The van der Waals surface area contributed by atoms with Gasteiger partial charge in [-0.15, -0.1) is 0 Å². The zero-order valence-electron chi connectivity index (χ0n) is 9.50. The molecular weight excluding hydrogens is 226 g/mol. The van der Waals surface area contributed by atoms with Gasteiger partial charge in [0.1, 0.15) is 0 Å². The van der Waals surface area contributed by atoms with Gasteiger partial charge in [0.05, 0.1) is 5.02 Å². The van der Waals surface area contributed by atoms with Crippen molar-refractivity contribution in [3.63, 3.8) is 0 Å². The Morgan fingerprint density at radius 2 is 2.12 bits per heavy atom. The first-order valence-electron chi connectivity index (χ1n) is 5.41. The third kappa shape index (κ3) is 2.25. The minimum Gasteiger partial charge on any atom is -0.454 e. The maximum absolute atomic E-state index is 6.09. The number of rotatable bonds is 3. The Kier molecular flexibility index (Phi) is 3.26. The van der Waals surface area contributed by atoms with Crippen molar-refractivity contribution in [2.45, 2.75) is 26.3 Å². The molecule has 0 radical (unpaired) electrons. The Hall–Kier alpha value is -0.930. The minimum atomic E-state index is 0.136. The molecule has 2 N–H and O–H groups in total. The number of halogens is 1. The lowest BCUT2D eigenvalue weighted by Gasteiger charge is -2.15. The lowest BCUT2D eigenvalue weighted by atomic mass is 9.97. The van der Waals surface area contributed by atoms with Gasteiger partial charge in [-0.25, -0.2) is 0 Å². The van der Waals surface area contributed by atoms with Crippen LogP contribution in [-0.2, 0) is 6.42 Å². The summed E-state index contributed by atoms with van der Waals surface area (Å²) in [6, 6.07) is 3.99.